The van der Waals surface area contributed by atoms with Gasteiger partial charge in [-0.3, -0.25) is 19.6 Å². The molecular formula is C23H42F2N4O. The Morgan fingerprint density at radius 1 is 0.733 bits per heavy atom. The Morgan fingerprint density at radius 3 is 1.57 bits per heavy atom. The Kier molecular flexibility index (Phi) is 6.50. The lowest BCUT2D eigenvalue weighted by molar-refractivity contribution is -0.0971. The highest BCUT2D eigenvalue weighted by molar-refractivity contribution is 5.01. The Bertz CT molecular complexity index is 572. The van der Waals surface area contributed by atoms with E-state index in [1.807, 2.05) is 0 Å². The number of ether oxygens (including phenoxy) is 1. The molecule has 0 amide bonds. The molecule has 0 unspecified atom stereocenters. The van der Waals surface area contributed by atoms with Gasteiger partial charge in [0.15, 0.2) is 0 Å². The van der Waals surface area contributed by atoms with Gasteiger partial charge in [-0.05, 0) is 40.5 Å². The van der Waals surface area contributed by atoms with Crippen molar-refractivity contribution in [2.24, 2.45) is 0 Å². The van der Waals surface area contributed by atoms with E-state index in [9.17, 15) is 8.78 Å². The first-order valence-corrected chi connectivity index (χ1v) is 12.0. The molecule has 7 heteroatoms. The van der Waals surface area contributed by atoms with Crippen LogP contribution in [0.5, 0.6) is 0 Å². The van der Waals surface area contributed by atoms with Crippen LogP contribution in [0, 0.1) is 0 Å². The molecule has 4 aliphatic heterocycles. The van der Waals surface area contributed by atoms with E-state index in [1.54, 1.807) is 0 Å². The number of nitrogens with zero attached hydrogens (tertiary/aromatic N) is 4. The normalized spacial score (nSPS) is 29.0. The van der Waals surface area contributed by atoms with Crippen molar-refractivity contribution in [2.75, 3.05) is 65.6 Å². The van der Waals surface area contributed by atoms with Crippen molar-refractivity contribution < 1.29 is 13.5 Å². The first kappa shape index (κ1) is 22.8. The molecule has 4 fully saturated rings. The van der Waals surface area contributed by atoms with E-state index < -0.39 is 5.92 Å². The molecule has 4 aliphatic rings. The van der Waals surface area contributed by atoms with E-state index >= 15 is 0 Å². The molecule has 0 N–H and O–H groups in total. The summed E-state index contributed by atoms with van der Waals surface area (Å²) in [5, 5.41) is 0. The number of rotatable bonds is 7. The predicted molar refractivity (Wildman–Crippen MR) is 116 cm³/mol. The molecule has 30 heavy (non-hydrogen) atoms. The number of hydrogen-bond acceptors (Lipinski definition) is 5. The summed E-state index contributed by atoms with van der Waals surface area (Å²) in [5.41, 5.74) is 0.394. The molecule has 174 valence electrons. The van der Waals surface area contributed by atoms with Gasteiger partial charge in [0, 0.05) is 88.4 Å². The summed E-state index contributed by atoms with van der Waals surface area (Å²) in [6.45, 7) is 18.9. The van der Waals surface area contributed by atoms with Crippen LogP contribution in [0.15, 0.2) is 0 Å². The van der Waals surface area contributed by atoms with Crippen molar-refractivity contribution in [3.05, 3.63) is 0 Å². The fourth-order valence-corrected chi connectivity index (χ4v) is 5.45. The fourth-order valence-electron chi connectivity index (χ4n) is 5.45. The Hall–Kier alpha value is -0.340. The maximum atomic E-state index is 13.4. The highest BCUT2D eigenvalue weighted by atomic mass is 19.3. The van der Waals surface area contributed by atoms with Crippen molar-refractivity contribution in [2.45, 2.75) is 82.5 Å². The van der Waals surface area contributed by atoms with Crippen molar-refractivity contribution in [3.63, 3.8) is 0 Å². The number of likely N-dealkylation sites (tertiary alicyclic amines) is 3. The summed E-state index contributed by atoms with van der Waals surface area (Å²) >= 11 is 0. The van der Waals surface area contributed by atoms with Crippen LogP contribution in [0.4, 0.5) is 8.78 Å². The molecule has 0 saturated carbocycles. The van der Waals surface area contributed by atoms with Gasteiger partial charge in [0.25, 0.3) is 5.92 Å². The average molecular weight is 429 g/mol. The van der Waals surface area contributed by atoms with E-state index in [-0.39, 0.29) is 23.9 Å². The van der Waals surface area contributed by atoms with Gasteiger partial charge in [-0.25, -0.2) is 8.78 Å². The zero-order chi connectivity index (χ0) is 21.6. The third kappa shape index (κ3) is 5.01. The number of alkyl halides is 2. The van der Waals surface area contributed by atoms with Crippen molar-refractivity contribution in [1.82, 2.24) is 19.6 Å². The quantitative estimate of drug-likeness (QED) is 0.620. The molecule has 0 radical (unpaired) electrons. The van der Waals surface area contributed by atoms with Gasteiger partial charge in [-0.2, -0.15) is 0 Å². The van der Waals surface area contributed by atoms with Crippen LogP contribution < -0.4 is 0 Å². The Morgan fingerprint density at radius 2 is 1.13 bits per heavy atom. The highest BCUT2D eigenvalue weighted by Crippen LogP contribution is 2.36. The standard InChI is InChI=1S/C23H42F2N4O/c1-21(2,28-15-19(16-28)26-9-7-23(24,25)8-10-26)5-6-22(3,4)29-17-20(18-29)27-11-13-30-14-12-27/h19-20H,5-18H2,1-4H3. The smallest absolute Gasteiger partial charge is 0.250 e. The fraction of sp³-hybridized carbons (Fsp3) is 1.00. The molecule has 0 bridgehead atoms. The molecule has 0 aromatic rings. The Labute approximate surface area is 181 Å². The van der Waals surface area contributed by atoms with Crippen LogP contribution in [0.25, 0.3) is 0 Å². The monoisotopic (exact) mass is 428 g/mol. The number of piperidine rings is 1. The van der Waals surface area contributed by atoms with Gasteiger partial charge in [0.05, 0.1) is 13.2 Å². The van der Waals surface area contributed by atoms with E-state index in [2.05, 4.69) is 47.3 Å². The molecule has 0 aromatic heterocycles. The lowest BCUT2D eigenvalue weighted by Gasteiger charge is -2.56. The van der Waals surface area contributed by atoms with Gasteiger partial charge in [0.2, 0.25) is 0 Å². The highest BCUT2D eigenvalue weighted by Gasteiger charge is 2.45. The zero-order valence-electron chi connectivity index (χ0n) is 19.5. The van der Waals surface area contributed by atoms with Crippen LogP contribution >= 0.6 is 0 Å². The topological polar surface area (TPSA) is 22.2 Å². The minimum absolute atomic E-state index is 0.0301. The van der Waals surface area contributed by atoms with Crippen LogP contribution in [-0.4, -0.2) is 114 Å². The minimum atomic E-state index is -2.44. The van der Waals surface area contributed by atoms with E-state index in [1.165, 1.54) is 25.9 Å². The minimum Gasteiger partial charge on any atom is -0.379 e. The average Bonchev–Trinajstić information content (AvgIpc) is 2.60. The van der Waals surface area contributed by atoms with Crippen LogP contribution in [0.2, 0.25) is 0 Å². The molecule has 4 heterocycles. The van der Waals surface area contributed by atoms with Gasteiger partial charge in [-0.1, -0.05) is 0 Å². The lowest BCUT2D eigenvalue weighted by atomic mass is 9.83. The van der Waals surface area contributed by atoms with Crippen molar-refractivity contribution >= 4 is 0 Å². The molecule has 5 nitrogen and oxygen atoms in total. The maximum Gasteiger partial charge on any atom is 0.250 e. The SMILES string of the molecule is CC(C)(CCC(C)(C)N1CC(N2CCC(F)(F)CC2)C1)N1CC(N2CCOCC2)C1. The summed E-state index contributed by atoms with van der Waals surface area (Å²) in [4.78, 5) is 10.1. The molecule has 0 spiro atoms. The molecule has 4 saturated heterocycles. The molecular weight excluding hydrogens is 386 g/mol. The van der Waals surface area contributed by atoms with Crippen molar-refractivity contribution in [1.29, 1.82) is 0 Å². The van der Waals surface area contributed by atoms with Gasteiger partial charge < -0.3 is 4.74 Å². The molecule has 0 atom stereocenters. The number of hydrogen-bond donors (Lipinski definition) is 0. The summed E-state index contributed by atoms with van der Waals surface area (Å²) in [6.07, 6.45) is 2.42. The van der Waals surface area contributed by atoms with Gasteiger partial charge >= 0.3 is 0 Å². The summed E-state index contributed by atoms with van der Waals surface area (Å²) < 4.78 is 32.3. The first-order chi connectivity index (χ1) is 14.1. The van der Waals surface area contributed by atoms with E-state index in [0.717, 1.165) is 39.4 Å². The summed E-state index contributed by atoms with van der Waals surface area (Å²) in [7, 11) is 0. The lowest BCUT2D eigenvalue weighted by Crippen LogP contribution is -2.68. The molecule has 0 aromatic carbocycles. The predicted octanol–water partition coefficient (Wildman–Crippen LogP) is 2.76. The van der Waals surface area contributed by atoms with Crippen LogP contribution in [-0.2, 0) is 4.74 Å². The van der Waals surface area contributed by atoms with E-state index in [0.29, 0.717) is 25.2 Å². The molecule has 0 aliphatic carbocycles. The number of morpholine rings is 1. The third-order valence-corrected chi connectivity index (χ3v) is 8.39. The second-order valence-electron chi connectivity index (χ2n) is 11.3. The Balaban J connectivity index is 1.18. The molecule has 4 rings (SSSR count). The van der Waals surface area contributed by atoms with Crippen LogP contribution in [0.1, 0.15) is 53.4 Å². The maximum absolute atomic E-state index is 13.4. The number of halogens is 2. The summed E-state index contributed by atoms with van der Waals surface area (Å²) in [5.74, 6) is -2.44. The van der Waals surface area contributed by atoms with Gasteiger partial charge in [0.1, 0.15) is 0 Å². The van der Waals surface area contributed by atoms with Gasteiger partial charge in [-0.15, -0.1) is 0 Å². The largest absolute Gasteiger partial charge is 0.379 e. The third-order valence-electron chi connectivity index (χ3n) is 8.39. The van der Waals surface area contributed by atoms with Crippen molar-refractivity contribution in [3.8, 4) is 0 Å². The zero-order valence-corrected chi connectivity index (χ0v) is 19.5. The summed E-state index contributed by atoms with van der Waals surface area (Å²) in [6, 6.07) is 1.17. The second-order valence-corrected chi connectivity index (χ2v) is 11.3. The second kappa shape index (κ2) is 8.54. The first-order valence-electron chi connectivity index (χ1n) is 12.0. The van der Waals surface area contributed by atoms with E-state index in [4.69, 9.17) is 4.74 Å². The van der Waals surface area contributed by atoms with Crippen LogP contribution in [0.3, 0.4) is 0 Å².